The smallest absolute Gasteiger partial charge is 0.344 e. The van der Waals surface area contributed by atoms with Crippen molar-refractivity contribution in [1.29, 1.82) is 0 Å². The molecule has 3 fully saturated rings. The highest BCUT2D eigenvalue weighted by Crippen LogP contribution is 2.68. The van der Waals surface area contributed by atoms with E-state index >= 15 is 0 Å². The number of hydrogen-bond donors (Lipinski definition) is 1. The molecule has 0 saturated heterocycles. The Labute approximate surface area is 232 Å². The Kier molecular flexibility index (Phi) is 8.11. The molecular formula is C31H37F3O6. The highest BCUT2D eigenvalue weighted by molar-refractivity contribution is 5.88. The number of Topliss-reactive ketones (excluding diaryl/α,β-unsaturated/α-hetero) is 1. The average molecular weight is 563 g/mol. The Bertz CT molecular complexity index is 1250. The molecule has 40 heavy (non-hydrogen) atoms. The summed E-state index contributed by atoms with van der Waals surface area (Å²) in [6.45, 7) is 11.2. The van der Waals surface area contributed by atoms with Crippen LogP contribution in [0.1, 0.15) is 65.4 Å². The number of rotatable bonds is 6. The molecule has 0 aromatic heterocycles. The van der Waals surface area contributed by atoms with Crippen molar-refractivity contribution < 1.29 is 42.1 Å². The zero-order valence-corrected chi connectivity index (χ0v) is 23.3. The average Bonchev–Trinajstić information content (AvgIpc) is 3.28. The molecule has 0 amide bonds. The zero-order valence-electron chi connectivity index (χ0n) is 23.3. The molecule has 9 heteroatoms. The molecule has 3 aliphatic rings. The first-order valence-electron chi connectivity index (χ1n) is 13.7. The van der Waals surface area contributed by atoms with Gasteiger partial charge in [-0.3, -0.25) is 4.79 Å². The summed E-state index contributed by atoms with van der Waals surface area (Å²) in [5, 5.41) is 11.6. The van der Waals surface area contributed by atoms with Crippen molar-refractivity contribution in [3.63, 3.8) is 0 Å². The summed E-state index contributed by atoms with van der Waals surface area (Å²) in [6.07, 6.45) is 4.76. The molecule has 2 bridgehead atoms. The third kappa shape index (κ3) is 4.80. The molecule has 8 atom stereocenters. The number of carbonyl (C=O) groups is 3. The first-order valence-corrected chi connectivity index (χ1v) is 13.7. The highest BCUT2D eigenvalue weighted by Gasteiger charge is 2.68. The predicted octanol–water partition coefficient (Wildman–Crippen LogP) is 5.57. The number of ketones is 1. The molecule has 0 unspecified atom stereocenters. The van der Waals surface area contributed by atoms with E-state index in [0.717, 1.165) is 37.1 Å². The molecule has 3 saturated carbocycles. The maximum Gasteiger partial charge on any atom is 0.344 e. The Morgan fingerprint density at radius 2 is 1.85 bits per heavy atom. The fourth-order valence-electron chi connectivity index (χ4n) is 7.70. The van der Waals surface area contributed by atoms with E-state index in [0.29, 0.717) is 12.8 Å². The monoisotopic (exact) mass is 562 g/mol. The van der Waals surface area contributed by atoms with E-state index in [-0.39, 0.29) is 29.6 Å². The lowest BCUT2D eigenvalue weighted by Crippen LogP contribution is -2.63. The summed E-state index contributed by atoms with van der Waals surface area (Å²) in [4.78, 5) is 38.6. The number of carbonyl (C=O) groups excluding carboxylic acids is 3. The maximum absolute atomic E-state index is 13.8. The quantitative estimate of drug-likeness (QED) is 0.211. The van der Waals surface area contributed by atoms with Crippen LogP contribution < -0.4 is 0 Å². The second-order valence-electron chi connectivity index (χ2n) is 12.3. The van der Waals surface area contributed by atoms with Gasteiger partial charge in [-0.05, 0) is 61.1 Å². The highest BCUT2D eigenvalue weighted by atomic mass is 19.2. The van der Waals surface area contributed by atoms with Gasteiger partial charge in [0.15, 0.2) is 24.1 Å². The van der Waals surface area contributed by atoms with Crippen molar-refractivity contribution in [2.45, 2.75) is 72.0 Å². The Hall–Kier alpha value is -2.94. The second kappa shape index (κ2) is 10.8. The third-order valence-corrected chi connectivity index (χ3v) is 10.4. The third-order valence-electron chi connectivity index (χ3n) is 10.4. The molecule has 218 valence electrons. The van der Waals surface area contributed by atoms with Gasteiger partial charge in [-0.15, -0.1) is 6.58 Å². The minimum Gasteiger partial charge on any atom is -0.459 e. The number of halogens is 3. The summed E-state index contributed by atoms with van der Waals surface area (Å²) in [5.41, 5.74) is -2.30. The van der Waals surface area contributed by atoms with Crippen LogP contribution in [0.5, 0.6) is 0 Å². The largest absolute Gasteiger partial charge is 0.459 e. The van der Waals surface area contributed by atoms with Crippen LogP contribution in [0, 0.1) is 51.5 Å². The lowest BCUT2D eigenvalue weighted by Gasteiger charge is -2.61. The maximum atomic E-state index is 13.8. The summed E-state index contributed by atoms with van der Waals surface area (Å²) >= 11 is 0. The molecule has 0 heterocycles. The molecular weight excluding hydrogens is 525 g/mol. The predicted molar refractivity (Wildman–Crippen MR) is 141 cm³/mol. The molecule has 0 radical (unpaired) electrons. The van der Waals surface area contributed by atoms with Crippen LogP contribution in [-0.4, -0.2) is 41.6 Å². The van der Waals surface area contributed by atoms with E-state index in [1.807, 2.05) is 20.8 Å². The topological polar surface area (TPSA) is 89.9 Å². The van der Waals surface area contributed by atoms with Crippen LogP contribution in [0.25, 0.3) is 6.08 Å². The molecule has 0 spiro atoms. The van der Waals surface area contributed by atoms with Crippen LogP contribution in [0.3, 0.4) is 0 Å². The minimum absolute atomic E-state index is 0.0402. The van der Waals surface area contributed by atoms with Gasteiger partial charge in [-0.1, -0.05) is 33.8 Å². The van der Waals surface area contributed by atoms with Crippen LogP contribution in [-0.2, 0) is 23.9 Å². The molecule has 0 aliphatic heterocycles. The minimum atomic E-state index is -1.67. The first-order chi connectivity index (χ1) is 18.7. The van der Waals surface area contributed by atoms with E-state index in [9.17, 15) is 32.7 Å². The summed E-state index contributed by atoms with van der Waals surface area (Å²) < 4.78 is 51.3. The number of aliphatic hydroxyl groups excluding tert-OH is 1. The van der Waals surface area contributed by atoms with Gasteiger partial charge in [0, 0.05) is 34.8 Å². The van der Waals surface area contributed by atoms with Crippen LogP contribution in [0.4, 0.5) is 13.2 Å². The normalized spacial score (nSPS) is 37.4. The van der Waals surface area contributed by atoms with Gasteiger partial charge in [-0.25, -0.2) is 22.8 Å². The van der Waals surface area contributed by atoms with Gasteiger partial charge in [0.05, 0.1) is 6.10 Å². The van der Waals surface area contributed by atoms with Gasteiger partial charge in [0.25, 0.3) is 0 Å². The Morgan fingerprint density at radius 3 is 2.52 bits per heavy atom. The number of aliphatic hydroxyl groups is 1. The Morgan fingerprint density at radius 1 is 1.15 bits per heavy atom. The van der Waals surface area contributed by atoms with Crippen LogP contribution >= 0.6 is 0 Å². The van der Waals surface area contributed by atoms with Crippen molar-refractivity contribution in [1.82, 2.24) is 0 Å². The Balaban J connectivity index is 1.55. The van der Waals surface area contributed by atoms with E-state index in [1.165, 1.54) is 0 Å². The van der Waals surface area contributed by atoms with Crippen molar-refractivity contribution in [3.05, 3.63) is 53.9 Å². The number of ether oxygens (including phenoxy) is 2. The lowest BCUT2D eigenvalue weighted by molar-refractivity contribution is -0.208. The SMILES string of the molecule is C=C[C@]1(C)C[C@@H](OC(=O)COC(=O)/C=C/c2ccc(F)c(F)c2F)[C@]2(C)[C@H](C)CC[C@]3(CCC(=O)[C@H]32)[C@@H](C)[C@@H]1O. The fourth-order valence-corrected chi connectivity index (χ4v) is 7.70. The van der Waals surface area contributed by atoms with Crippen molar-refractivity contribution in [3.8, 4) is 0 Å². The first kappa shape index (κ1) is 30.0. The molecule has 1 aromatic carbocycles. The summed E-state index contributed by atoms with van der Waals surface area (Å²) in [7, 11) is 0. The summed E-state index contributed by atoms with van der Waals surface area (Å²) in [6, 6.07) is 1.68. The van der Waals surface area contributed by atoms with Crippen molar-refractivity contribution >= 4 is 23.8 Å². The van der Waals surface area contributed by atoms with E-state index in [2.05, 4.69) is 13.5 Å². The zero-order chi connectivity index (χ0) is 29.6. The van der Waals surface area contributed by atoms with Gasteiger partial charge in [0.2, 0.25) is 0 Å². The van der Waals surface area contributed by atoms with Crippen molar-refractivity contribution in [2.75, 3.05) is 6.61 Å². The number of benzene rings is 1. The number of hydrogen-bond acceptors (Lipinski definition) is 6. The lowest BCUT2D eigenvalue weighted by atomic mass is 9.44. The van der Waals surface area contributed by atoms with Crippen LogP contribution in [0.2, 0.25) is 0 Å². The molecule has 3 aliphatic carbocycles. The van der Waals surface area contributed by atoms with Gasteiger partial charge < -0.3 is 14.6 Å². The summed E-state index contributed by atoms with van der Waals surface area (Å²) in [5.74, 6) is -6.73. The fraction of sp³-hybridized carbons (Fsp3) is 0.581. The second-order valence-corrected chi connectivity index (χ2v) is 12.3. The van der Waals surface area contributed by atoms with Gasteiger partial charge in [-0.2, -0.15) is 0 Å². The molecule has 1 N–H and O–H groups in total. The van der Waals surface area contributed by atoms with E-state index in [1.54, 1.807) is 6.08 Å². The van der Waals surface area contributed by atoms with Crippen molar-refractivity contribution in [2.24, 2.45) is 34.0 Å². The van der Waals surface area contributed by atoms with Gasteiger partial charge in [0.1, 0.15) is 11.9 Å². The van der Waals surface area contributed by atoms with Crippen LogP contribution in [0.15, 0.2) is 30.9 Å². The standard InChI is InChI=1S/C31H37F3O6/c1-6-29(4)15-22(30(5)17(2)11-13-31(18(3)28(29)38)14-12-21(35)27(30)31)40-24(37)16-39-23(36)10-8-19-7-9-20(32)26(34)25(19)33/h6-10,17-18,22,27-28,38H,1,11-16H2,2-5H3/b10-8+/t17-,18+,22-,27+,28+,29-,30+,31+/m1/s1. The molecule has 6 nitrogen and oxygen atoms in total. The number of esters is 2. The molecule has 1 aromatic rings. The molecule has 4 rings (SSSR count). The van der Waals surface area contributed by atoms with E-state index < -0.39 is 70.4 Å². The van der Waals surface area contributed by atoms with Gasteiger partial charge >= 0.3 is 11.9 Å². The van der Waals surface area contributed by atoms with E-state index in [4.69, 9.17) is 9.47 Å².